The number of hydrogen-bond acceptors (Lipinski definition) is 4. The van der Waals surface area contributed by atoms with E-state index in [1.54, 1.807) is 0 Å². The molecule has 136 valence electrons. The number of hydrogen-bond donors (Lipinski definition) is 2. The Labute approximate surface area is 149 Å². The topological polar surface area (TPSA) is 102 Å². The predicted molar refractivity (Wildman–Crippen MR) is 95.2 cm³/mol. The highest BCUT2D eigenvalue weighted by molar-refractivity contribution is 5.87. The third-order valence-corrected chi connectivity index (χ3v) is 4.48. The van der Waals surface area contributed by atoms with Crippen molar-refractivity contribution >= 4 is 17.6 Å². The van der Waals surface area contributed by atoms with Crippen LogP contribution in [0.15, 0.2) is 29.4 Å². The minimum absolute atomic E-state index is 0.192. The van der Waals surface area contributed by atoms with Gasteiger partial charge in [0.25, 0.3) is 0 Å². The fraction of sp³-hybridized carbons (Fsp3) is 0.526. The number of benzene rings is 1. The van der Waals surface area contributed by atoms with E-state index in [2.05, 4.69) is 5.16 Å². The Bertz CT molecular complexity index is 671. The highest BCUT2D eigenvalue weighted by atomic mass is 16.7. The fourth-order valence-electron chi connectivity index (χ4n) is 2.88. The van der Waals surface area contributed by atoms with Crippen molar-refractivity contribution in [3.8, 4) is 0 Å². The quantitative estimate of drug-likeness (QED) is 0.740. The zero-order valence-corrected chi connectivity index (χ0v) is 14.7. The summed E-state index contributed by atoms with van der Waals surface area (Å²) in [7, 11) is 0. The molecule has 1 unspecified atom stereocenters. The first kappa shape index (κ1) is 17.5. The van der Waals surface area contributed by atoms with E-state index in [-0.39, 0.29) is 18.2 Å². The van der Waals surface area contributed by atoms with Gasteiger partial charge in [0.2, 0.25) is 11.5 Å². The van der Waals surface area contributed by atoms with Gasteiger partial charge in [-0.3, -0.25) is 4.79 Å². The maximum Gasteiger partial charge on any atom is 0.350 e. The second-order valence-electron chi connectivity index (χ2n) is 7.05. The summed E-state index contributed by atoms with van der Waals surface area (Å²) in [5, 5.41) is 13.3. The Balaban J connectivity index is 2.03. The SMILES string of the molecule is [2H]NC(=O)Cc1ccc(CC2CCCC/C2=N\OC(C)(C)C(=O)O)cc1. The summed E-state index contributed by atoms with van der Waals surface area (Å²) in [6.07, 6.45) is 4.97. The molecule has 0 bridgehead atoms. The molecule has 0 saturated heterocycles. The number of primary amides is 1. The first-order valence-electron chi connectivity index (χ1n) is 9.08. The van der Waals surface area contributed by atoms with Gasteiger partial charge < -0.3 is 15.7 Å². The first-order chi connectivity index (χ1) is 12.3. The number of amides is 1. The van der Waals surface area contributed by atoms with Crippen molar-refractivity contribution in [1.29, 1.82) is 0 Å². The summed E-state index contributed by atoms with van der Waals surface area (Å²) < 4.78 is 6.84. The molecule has 6 nitrogen and oxygen atoms in total. The molecule has 25 heavy (non-hydrogen) atoms. The van der Waals surface area contributed by atoms with Crippen LogP contribution in [0.25, 0.3) is 0 Å². The third kappa shape index (κ3) is 5.59. The molecule has 2 rings (SSSR count). The van der Waals surface area contributed by atoms with E-state index >= 15 is 0 Å². The smallest absolute Gasteiger partial charge is 0.350 e. The van der Waals surface area contributed by atoms with E-state index in [0.29, 0.717) is 0 Å². The zero-order valence-electron chi connectivity index (χ0n) is 15.7. The van der Waals surface area contributed by atoms with E-state index in [4.69, 9.17) is 11.4 Å². The average molecular weight is 347 g/mol. The number of carboxylic acid groups (broad SMARTS) is 1. The van der Waals surface area contributed by atoms with Crippen LogP contribution in [-0.4, -0.2) is 28.3 Å². The highest BCUT2D eigenvalue weighted by Gasteiger charge is 2.31. The summed E-state index contributed by atoms with van der Waals surface area (Å²) in [6, 6.07) is 7.77. The van der Waals surface area contributed by atoms with Crippen LogP contribution in [0.1, 0.15) is 50.7 Å². The molecule has 0 aliphatic heterocycles. The van der Waals surface area contributed by atoms with E-state index in [1.165, 1.54) is 13.8 Å². The van der Waals surface area contributed by atoms with E-state index in [1.807, 2.05) is 30.0 Å². The van der Waals surface area contributed by atoms with Gasteiger partial charge in [0.15, 0.2) is 1.41 Å². The normalized spacial score (nSPS) is 20.0. The minimum atomic E-state index is -1.34. The van der Waals surface area contributed by atoms with Crippen LogP contribution in [0.2, 0.25) is 1.41 Å². The molecule has 0 heterocycles. The first-order valence-corrected chi connectivity index (χ1v) is 8.58. The predicted octanol–water partition coefficient (Wildman–Crippen LogP) is 2.68. The van der Waals surface area contributed by atoms with Gasteiger partial charge in [-0.15, -0.1) is 0 Å². The molecule has 0 aromatic heterocycles. The number of carboxylic acids is 1. The number of rotatable bonds is 7. The number of nitrogens with two attached hydrogens (primary N) is 1. The van der Waals surface area contributed by atoms with E-state index < -0.39 is 11.6 Å². The zero-order chi connectivity index (χ0) is 19.2. The Morgan fingerprint density at radius 1 is 1.32 bits per heavy atom. The number of carbonyl (C=O) groups excluding carboxylic acids is 1. The van der Waals surface area contributed by atoms with Crippen LogP contribution in [0.4, 0.5) is 0 Å². The maximum atomic E-state index is 11.3. The Morgan fingerprint density at radius 3 is 2.64 bits per heavy atom. The number of aliphatic carboxylic acids is 1. The molecule has 3 N–H and O–H groups in total. The second-order valence-corrected chi connectivity index (χ2v) is 7.05. The molecule has 0 spiro atoms. The van der Waals surface area contributed by atoms with Gasteiger partial charge in [-0.25, -0.2) is 4.79 Å². The standard InChI is InChI=1S/C19H26N2O4/c1-19(2,18(23)24)25-21-16-6-4-3-5-15(16)11-13-7-9-14(10-8-13)12-17(20)22/h7-10,15H,3-6,11-12H2,1-2H3,(H2,20,22)(H,23,24)/b21-16+/i/hD. The molecular weight excluding hydrogens is 320 g/mol. The molecule has 1 aromatic rings. The highest BCUT2D eigenvalue weighted by Crippen LogP contribution is 2.26. The van der Waals surface area contributed by atoms with Gasteiger partial charge in [-0.1, -0.05) is 35.8 Å². The molecule has 1 saturated carbocycles. The van der Waals surface area contributed by atoms with Gasteiger partial charge in [0, 0.05) is 5.92 Å². The molecule has 1 fully saturated rings. The molecule has 1 atom stereocenters. The third-order valence-electron chi connectivity index (χ3n) is 4.48. The van der Waals surface area contributed by atoms with Crippen LogP contribution in [0.5, 0.6) is 0 Å². The Morgan fingerprint density at radius 2 is 2.00 bits per heavy atom. The van der Waals surface area contributed by atoms with Crippen molar-refractivity contribution in [3.63, 3.8) is 0 Å². The minimum Gasteiger partial charge on any atom is -0.478 e. The van der Waals surface area contributed by atoms with Crippen LogP contribution in [0.3, 0.4) is 0 Å². The van der Waals surface area contributed by atoms with Crippen molar-refractivity contribution in [2.45, 2.75) is 58.0 Å². The fourth-order valence-corrected chi connectivity index (χ4v) is 2.88. The lowest BCUT2D eigenvalue weighted by molar-refractivity contribution is -0.161. The van der Waals surface area contributed by atoms with Gasteiger partial charge >= 0.3 is 5.97 Å². The second kappa shape index (κ2) is 8.14. The van der Waals surface area contributed by atoms with Crippen molar-refractivity contribution < 1.29 is 20.9 Å². The monoisotopic (exact) mass is 347 g/mol. The number of nitrogens with zero attached hydrogens (tertiary/aromatic N) is 1. The number of carbonyl (C=O) groups is 2. The lowest BCUT2D eigenvalue weighted by atomic mass is 9.83. The van der Waals surface area contributed by atoms with Gasteiger partial charge in [0.05, 0.1) is 12.1 Å². The van der Waals surface area contributed by atoms with E-state index in [9.17, 15) is 9.59 Å². The van der Waals surface area contributed by atoms with Crippen molar-refractivity contribution in [2.75, 3.05) is 0 Å². The molecule has 1 amide bonds. The summed E-state index contributed by atoms with van der Waals surface area (Å²) >= 11 is 0. The molecule has 1 aliphatic carbocycles. The van der Waals surface area contributed by atoms with Crippen molar-refractivity contribution in [1.82, 2.24) is 0 Å². The average Bonchev–Trinajstić information content (AvgIpc) is 2.62. The summed E-state index contributed by atoms with van der Waals surface area (Å²) in [4.78, 5) is 27.7. The molecule has 1 aliphatic rings. The summed E-state index contributed by atoms with van der Waals surface area (Å²) in [5.41, 5.74) is 3.45. The lowest BCUT2D eigenvalue weighted by Gasteiger charge is -2.25. The number of oxime groups is 1. The largest absolute Gasteiger partial charge is 0.478 e. The van der Waals surface area contributed by atoms with Crippen LogP contribution >= 0.6 is 0 Å². The summed E-state index contributed by atoms with van der Waals surface area (Å²) in [5.74, 6) is -1.14. The van der Waals surface area contributed by atoms with Crippen molar-refractivity contribution in [2.24, 2.45) is 16.8 Å². The van der Waals surface area contributed by atoms with Crippen LogP contribution in [-0.2, 0) is 27.3 Å². The van der Waals surface area contributed by atoms with E-state index in [0.717, 1.165) is 48.9 Å². The molecular formula is C19H26N2O4. The Hall–Kier alpha value is -2.37. The lowest BCUT2D eigenvalue weighted by Crippen LogP contribution is -2.34. The maximum absolute atomic E-state index is 11.3. The van der Waals surface area contributed by atoms with Gasteiger partial charge in [0.1, 0.15) is 0 Å². The summed E-state index contributed by atoms with van der Waals surface area (Å²) in [6.45, 7) is 2.98. The van der Waals surface area contributed by atoms with Gasteiger partial charge in [-0.2, -0.15) is 0 Å². The molecule has 0 radical (unpaired) electrons. The van der Waals surface area contributed by atoms with Crippen LogP contribution in [0, 0.1) is 5.92 Å². The van der Waals surface area contributed by atoms with Crippen molar-refractivity contribution in [3.05, 3.63) is 35.4 Å². The Kier molecular flexibility index (Phi) is 5.68. The molecule has 6 heteroatoms. The van der Waals surface area contributed by atoms with Crippen LogP contribution < -0.4 is 5.73 Å². The van der Waals surface area contributed by atoms with Gasteiger partial charge in [-0.05, 0) is 50.7 Å². The molecule has 1 aromatic carbocycles.